The number of nitrogens with one attached hydrogen (secondary N) is 2. The first-order valence-corrected chi connectivity index (χ1v) is 9.66. The number of ether oxygens (including phenoxy) is 1. The molecule has 1 aliphatic rings. The topological polar surface area (TPSA) is 105 Å². The first-order chi connectivity index (χ1) is 14.4. The SMILES string of the molecule is CCOc1ccc(CN2C(=O)c3ccccc3C2=O)cc1C(=O)NCCNC(C)=O. The van der Waals surface area contributed by atoms with E-state index in [1.807, 2.05) is 6.92 Å². The van der Waals surface area contributed by atoms with E-state index in [2.05, 4.69) is 10.6 Å². The summed E-state index contributed by atoms with van der Waals surface area (Å²) in [6, 6.07) is 11.7. The third-order valence-corrected chi connectivity index (χ3v) is 4.59. The van der Waals surface area contributed by atoms with Crippen LogP contribution in [0.2, 0.25) is 0 Å². The van der Waals surface area contributed by atoms with Gasteiger partial charge in [-0.3, -0.25) is 24.1 Å². The van der Waals surface area contributed by atoms with E-state index in [-0.39, 0.29) is 36.7 Å². The van der Waals surface area contributed by atoms with Crippen LogP contribution in [0, 0.1) is 0 Å². The third kappa shape index (κ3) is 4.48. The Kier molecular flexibility index (Phi) is 6.46. The summed E-state index contributed by atoms with van der Waals surface area (Å²) in [5.41, 5.74) is 1.68. The summed E-state index contributed by atoms with van der Waals surface area (Å²) < 4.78 is 5.54. The predicted octanol–water partition coefficient (Wildman–Crippen LogP) is 1.75. The van der Waals surface area contributed by atoms with Gasteiger partial charge in [-0.25, -0.2) is 0 Å². The number of rotatable bonds is 8. The zero-order valence-electron chi connectivity index (χ0n) is 16.9. The molecule has 0 aliphatic carbocycles. The van der Waals surface area contributed by atoms with Crippen LogP contribution in [0.5, 0.6) is 5.75 Å². The molecular formula is C22H23N3O5. The van der Waals surface area contributed by atoms with Gasteiger partial charge in [-0.2, -0.15) is 0 Å². The van der Waals surface area contributed by atoms with Gasteiger partial charge in [0.15, 0.2) is 0 Å². The molecule has 0 radical (unpaired) electrons. The molecule has 4 amide bonds. The minimum absolute atomic E-state index is 0.0466. The molecule has 2 N–H and O–H groups in total. The Morgan fingerprint density at radius 3 is 2.20 bits per heavy atom. The monoisotopic (exact) mass is 409 g/mol. The average molecular weight is 409 g/mol. The van der Waals surface area contributed by atoms with Crippen molar-refractivity contribution in [3.63, 3.8) is 0 Å². The van der Waals surface area contributed by atoms with Crippen molar-refractivity contribution < 1.29 is 23.9 Å². The van der Waals surface area contributed by atoms with Crippen LogP contribution in [0.15, 0.2) is 42.5 Å². The molecule has 0 spiro atoms. The molecule has 0 unspecified atom stereocenters. The zero-order valence-corrected chi connectivity index (χ0v) is 16.9. The van der Waals surface area contributed by atoms with Gasteiger partial charge in [-0.15, -0.1) is 0 Å². The van der Waals surface area contributed by atoms with Crippen LogP contribution < -0.4 is 15.4 Å². The van der Waals surface area contributed by atoms with E-state index >= 15 is 0 Å². The molecule has 0 bridgehead atoms. The second-order valence-corrected chi connectivity index (χ2v) is 6.74. The van der Waals surface area contributed by atoms with Gasteiger partial charge in [0.1, 0.15) is 5.75 Å². The van der Waals surface area contributed by atoms with Crippen LogP contribution in [0.25, 0.3) is 0 Å². The van der Waals surface area contributed by atoms with Gasteiger partial charge in [0.25, 0.3) is 17.7 Å². The second kappa shape index (κ2) is 9.21. The highest BCUT2D eigenvalue weighted by atomic mass is 16.5. The maximum atomic E-state index is 12.6. The lowest BCUT2D eigenvalue weighted by molar-refractivity contribution is -0.118. The number of hydrogen-bond donors (Lipinski definition) is 2. The van der Waals surface area contributed by atoms with Crippen molar-refractivity contribution in [3.8, 4) is 5.75 Å². The molecule has 156 valence electrons. The lowest BCUT2D eigenvalue weighted by atomic mass is 10.1. The first-order valence-electron chi connectivity index (χ1n) is 9.66. The zero-order chi connectivity index (χ0) is 21.7. The summed E-state index contributed by atoms with van der Waals surface area (Å²) in [7, 11) is 0. The third-order valence-electron chi connectivity index (χ3n) is 4.59. The minimum Gasteiger partial charge on any atom is -0.493 e. The Balaban J connectivity index is 1.77. The van der Waals surface area contributed by atoms with Gasteiger partial charge in [-0.05, 0) is 36.8 Å². The lowest BCUT2D eigenvalue weighted by Gasteiger charge is -2.16. The smallest absolute Gasteiger partial charge is 0.261 e. The molecule has 1 aliphatic heterocycles. The molecule has 0 saturated carbocycles. The van der Waals surface area contributed by atoms with Crippen LogP contribution >= 0.6 is 0 Å². The molecule has 2 aromatic carbocycles. The maximum Gasteiger partial charge on any atom is 0.261 e. The van der Waals surface area contributed by atoms with Gasteiger partial charge >= 0.3 is 0 Å². The highest BCUT2D eigenvalue weighted by Gasteiger charge is 2.35. The lowest BCUT2D eigenvalue weighted by Crippen LogP contribution is -2.34. The number of fused-ring (bicyclic) bond motifs is 1. The van der Waals surface area contributed by atoms with Gasteiger partial charge in [0, 0.05) is 20.0 Å². The van der Waals surface area contributed by atoms with Crippen molar-refractivity contribution in [2.24, 2.45) is 0 Å². The summed E-state index contributed by atoms with van der Waals surface area (Å²) in [4.78, 5) is 49.9. The van der Waals surface area contributed by atoms with E-state index in [9.17, 15) is 19.2 Å². The quantitative estimate of drug-likeness (QED) is 0.511. The highest BCUT2D eigenvalue weighted by molar-refractivity contribution is 6.21. The van der Waals surface area contributed by atoms with Crippen molar-refractivity contribution >= 4 is 23.6 Å². The summed E-state index contributed by atoms with van der Waals surface area (Å²) in [5.74, 6) is -0.854. The van der Waals surface area contributed by atoms with Gasteiger partial charge in [-0.1, -0.05) is 18.2 Å². The number of nitrogens with zero attached hydrogens (tertiary/aromatic N) is 1. The summed E-state index contributed by atoms with van der Waals surface area (Å²) >= 11 is 0. The number of carbonyl (C=O) groups is 4. The highest BCUT2D eigenvalue weighted by Crippen LogP contribution is 2.26. The largest absolute Gasteiger partial charge is 0.493 e. The van der Waals surface area contributed by atoms with Crippen LogP contribution in [0.1, 0.15) is 50.5 Å². The summed E-state index contributed by atoms with van der Waals surface area (Å²) in [6.07, 6.45) is 0. The van der Waals surface area contributed by atoms with E-state index in [4.69, 9.17) is 4.74 Å². The second-order valence-electron chi connectivity index (χ2n) is 6.74. The Hall–Kier alpha value is -3.68. The van der Waals surface area contributed by atoms with Gasteiger partial charge < -0.3 is 15.4 Å². The Labute approximate surface area is 174 Å². The number of hydrogen-bond acceptors (Lipinski definition) is 5. The normalized spacial score (nSPS) is 12.5. The van der Waals surface area contributed by atoms with E-state index in [1.165, 1.54) is 11.8 Å². The van der Waals surface area contributed by atoms with Crippen molar-refractivity contribution in [2.75, 3.05) is 19.7 Å². The summed E-state index contributed by atoms with van der Waals surface area (Å²) in [5, 5.41) is 5.33. The molecule has 8 heteroatoms. The van der Waals surface area contributed by atoms with E-state index in [0.717, 1.165) is 0 Å². The van der Waals surface area contributed by atoms with Crippen molar-refractivity contribution in [2.45, 2.75) is 20.4 Å². The molecule has 2 aromatic rings. The van der Waals surface area contributed by atoms with Crippen molar-refractivity contribution in [1.29, 1.82) is 0 Å². The maximum absolute atomic E-state index is 12.6. The molecule has 1 heterocycles. The number of carbonyl (C=O) groups excluding carboxylic acids is 4. The molecule has 0 saturated heterocycles. The fourth-order valence-electron chi connectivity index (χ4n) is 3.21. The Morgan fingerprint density at radius 2 is 1.60 bits per heavy atom. The first kappa shape index (κ1) is 21.0. The molecular weight excluding hydrogens is 386 g/mol. The van der Waals surface area contributed by atoms with Crippen LogP contribution in [0.3, 0.4) is 0 Å². The van der Waals surface area contributed by atoms with Gasteiger partial charge in [0.2, 0.25) is 5.91 Å². The Morgan fingerprint density at radius 1 is 0.967 bits per heavy atom. The van der Waals surface area contributed by atoms with E-state index < -0.39 is 0 Å². The van der Waals surface area contributed by atoms with Crippen molar-refractivity contribution in [3.05, 3.63) is 64.7 Å². The van der Waals surface area contributed by atoms with Crippen LogP contribution in [0.4, 0.5) is 0 Å². The Bertz CT molecular complexity index is 967. The molecule has 0 aromatic heterocycles. The van der Waals surface area contributed by atoms with Crippen LogP contribution in [-0.2, 0) is 11.3 Å². The molecule has 0 fully saturated rings. The molecule has 3 rings (SSSR count). The van der Waals surface area contributed by atoms with Crippen molar-refractivity contribution in [1.82, 2.24) is 15.5 Å². The molecule has 30 heavy (non-hydrogen) atoms. The van der Waals surface area contributed by atoms with Crippen LogP contribution in [-0.4, -0.2) is 48.2 Å². The van der Waals surface area contributed by atoms with E-state index in [1.54, 1.807) is 42.5 Å². The summed E-state index contributed by atoms with van der Waals surface area (Å²) in [6.45, 7) is 4.20. The molecule has 8 nitrogen and oxygen atoms in total. The number of benzene rings is 2. The predicted molar refractivity (Wildman–Crippen MR) is 109 cm³/mol. The standard InChI is InChI=1S/C22H23N3O5/c1-3-30-19-9-8-15(12-18(19)20(27)24-11-10-23-14(2)26)13-25-21(28)16-6-4-5-7-17(16)22(25)29/h4-9,12H,3,10-11,13H2,1-2H3,(H,23,26)(H,24,27). The number of imide groups is 1. The fraction of sp³-hybridized carbons (Fsp3) is 0.273. The van der Waals surface area contributed by atoms with E-state index in [0.29, 0.717) is 41.2 Å². The number of amides is 4. The minimum atomic E-state index is -0.368. The molecule has 0 atom stereocenters. The van der Waals surface area contributed by atoms with Gasteiger partial charge in [0.05, 0.1) is 29.8 Å². The average Bonchev–Trinajstić information content (AvgIpc) is 2.97. The fourth-order valence-corrected chi connectivity index (χ4v) is 3.21.